The lowest BCUT2D eigenvalue weighted by Gasteiger charge is -2.45. The molecule has 36 heavy (non-hydrogen) atoms. The van der Waals surface area contributed by atoms with Gasteiger partial charge in [-0.1, -0.05) is 24.3 Å². The molecule has 0 N–H and O–H groups in total. The van der Waals surface area contributed by atoms with E-state index in [1.165, 1.54) is 6.08 Å². The molecule has 0 fully saturated rings. The van der Waals surface area contributed by atoms with Gasteiger partial charge in [-0.3, -0.25) is 4.99 Å². The van der Waals surface area contributed by atoms with Crippen molar-refractivity contribution in [2.75, 3.05) is 25.7 Å². The summed E-state index contributed by atoms with van der Waals surface area (Å²) in [5.74, 6) is 0.602. The fourth-order valence-electron chi connectivity index (χ4n) is 5.18. The van der Waals surface area contributed by atoms with E-state index in [1.807, 2.05) is 67.9 Å². The van der Waals surface area contributed by atoms with Crippen LogP contribution in [0, 0.1) is 11.3 Å². The molecule has 5 rings (SSSR count). The quantitative estimate of drug-likeness (QED) is 0.276. The number of esters is 1. The van der Waals surface area contributed by atoms with E-state index in [9.17, 15) is 10.1 Å². The molecule has 2 aliphatic rings. The van der Waals surface area contributed by atoms with Crippen molar-refractivity contribution in [3.63, 3.8) is 0 Å². The number of anilines is 1. The first kappa shape index (κ1) is 23.4. The highest BCUT2D eigenvalue weighted by Crippen LogP contribution is 2.55. The molecule has 2 aliphatic heterocycles. The van der Waals surface area contributed by atoms with Gasteiger partial charge in [0.25, 0.3) is 0 Å². The molecule has 7 heteroatoms. The summed E-state index contributed by atoms with van der Waals surface area (Å²) in [6.07, 6.45) is 3.38. The molecule has 0 bridgehead atoms. The SMILES string of the molecule is CCOC(=O)C(C#N)=Cc1cc2ccccc2c2c1OC1(C=N2)N(C)c2ccc(OC)cc2C1(C)C. The summed E-state index contributed by atoms with van der Waals surface area (Å²) in [6.45, 7) is 6.11. The van der Waals surface area contributed by atoms with Gasteiger partial charge in [-0.2, -0.15) is 5.26 Å². The highest BCUT2D eigenvalue weighted by Gasteiger charge is 2.59. The van der Waals surface area contributed by atoms with E-state index in [2.05, 4.69) is 18.7 Å². The third-order valence-electron chi connectivity index (χ3n) is 7.18. The third-order valence-corrected chi connectivity index (χ3v) is 7.18. The monoisotopic (exact) mass is 481 g/mol. The second-order valence-corrected chi connectivity index (χ2v) is 9.38. The maximum absolute atomic E-state index is 12.4. The number of hydrogen-bond donors (Lipinski definition) is 0. The number of benzene rings is 3. The fourth-order valence-corrected chi connectivity index (χ4v) is 5.18. The molecule has 0 amide bonds. The van der Waals surface area contributed by atoms with Crippen LogP contribution in [0.2, 0.25) is 0 Å². The molecule has 0 radical (unpaired) electrons. The zero-order valence-corrected chi connectivity index (χ0v) is 21.0. The number of ether oxygens (including phenoxy) is 3. The lowest BCUT2D eigenvalue weighted by molar-refractivity contribution is -0.137. The van der Waals surface area contributed by atoms with E-state index in [-0.39, 0.29) is 12.2 Å². The number of methoxy groups -OCH3 is 1. The van der Waals surface area contributed by atoms with Crippen LogP contribution in [-0.4, -0.2) is 38.7 Å². The van der Waals surface area contributed by atoms with Crippen LogP contribution in [0.15, 0.2) is 59.1 Å². The number of nitriles is 1. The molecular weight excluding hydrogens is 454 g/mol. The zero-order chi connectivity index (χ0) is 25.7. The van der Waals surface area contributed by atoms with Crippen LogP contribution in [0.25, 0.3) is 16.8 Å². The number of fused-ring (bicyclic) bond motifs is 4. The van der Waals surface area contributed by atoms with Crippen molar-refractivity contribution in [2.24, 2.45) is 4.99 Å². The highest BCUT2D eigenvalue weighted by atomic mass is 16.5. The van der Waals surface area contributed by atoms with Crippen molar-refractivity contribution in [1.29, 1.82) is 5.26 Å². The van der Waals surface area contributed by atoms with Crippen molar-refractivity contribution in [3.8, 4) is 17.6 Å². The van der Waals surface area contributed by atoms with Crippen LogP contribution < -0.4 is 14.4 Å². The lowest BCUT2D eigenvalue weighted by atomic mass is 9.77. The van der Waals surface area contributed by atoms with Gasteiger partial charge in [0.15, 0.2) is 5.75 Å². The van der Waals surface area contributed by atoms with E-state index in [0.29, 0.717) is 17.0 Å². The zero-order valence-electron chi connectivity index (χ0n) is 21.0. The Morgan fingerprint density at radius 3 is 2.72 bits per heavy atom. The Morgan fingerprint density at radius 1 is 1.22 bits per heavy atom. The highest BCUT2D eigenvalue weighted by molar-refractivity contribution is 6.04. The third kappa shape index (κ3) is 3.25. The molecule has 1 atom stereocenters. The number of carbonyl (C=O) groups is 1. The van der Waals surface area contributed by atoms with E-state index >= 15 is 0 Å². The summed E-state index contributed by atoms with van der Waals surface area (Å²) in [5.41, 5.74) is 1.76. The summed E-state index contributed by atoms with van der Waals surface area (Å²) in [4.78, 5) is 19.4. The van der Waals surface area contributed by atoms with E-state index in [0.717, 1.165) is 27.8 Å². The Balaban J connectivity index is 1.73. The van der Waals surface area contributed by atoms with Gasteiger partial charge < -0.3 is 19.1 Å². The van der Waals surface area contributed by atoms with Crippen LogP contribution in [0.4, 0.5) is 11.4 Å². The number of hydrogen-bond acceptors (Lipinski definition) is 7. The number of likely N-dealkylation sites (N-methyl/N-ethyl adjacent to an activating group) is 1. The molecule has 3 aromatic rings. The van der Waals surface area contributed by atoms with Gasteiger partial charge in [-0.25, -0.2) is 4.79 Å². The van der Waals surface area contributed by atoms with Gasteiger partial charge in [0.05, 0.1) is 25.3 Å². The summed E-state index contributed by atoms with van der Waals surface area (Å²) in [6, 6.07) is 17.7. The van der Waals surface area contributed by atoms with E-state index < -0.39 is 17.1 Å². The Hall–Kier alpha value is -4.31. The average molecular weight is 482 g/mol. The summed E-state index contributed by atoms with van der Waals surface area (Å²) in [7, 11) is 3.63. The van der Waals surface area contributed by atoms with Gasteiger partial charge >= 0.3 is 5.97 Å². The summed E-state index contributed by atoms with van der Waals surface area (Å²) in [5, 5.41) is 11.5. The predicted molar refractivity (Wildman–Crippen MR) is 140 cm³/mol. The van der Waals surface area contributed by atoms with Crippen LogP contribution in [0.1, 0.15) is 31.9 Å². The van der Waals surface area contributed by atoms with Crippen molar-refractivity contribution >= 4 is 40.4 Å². The molecule has 0 aliphatic carbocycles. The first-order chi connectivity index (χ1) is 17.3. The van der Waals surface area contributed by atoms with Crippen molar-refractivity contribution in [3.05, 3.63) is 65.2 Å². The summed E-state index contributed by atoms with van der Waals surface area (Å²) < 4.78 is 17.5. The van der Waals surface area contributed by atoms with Gasteiger partial charge in [0, 0.05) is 23.7 Å². The van der Waals surface area contributed by atoms with Crippen molar-refractivity contribution in [1.82, 2.24) is 0 Å². The number of rotatable bonds is 4. The molecule has 0 aromatic heterocycles. The molecule has 3 aromatic carbocycles. The van der Waals surface area contributed by atoms with Crippen LogP contribution in [0.3, 0.4) is 0 Å². The lowest BCUT2D eigenvalue weighted by Crippen LogP contribution is -2.61. The largest absolute Gasteiger partial charge is 0.497 e. The smallest absolute Gasteiger partial charge is 0.348 e. The van der Waals surface area contributed by atoms with Gasteiger partial charge in [0.2, 0.25) is 5.72 Å². The normalized spacial score (nSPS) is 19.4. The maximum Gasteiger partial charge on any atom is 0.348 e. The molecule has 7 nitrogen and oxygen atoms in total. The van der Waals surface area contributed by atoms with E-state index in [1.54, 1.807) is 14.0 Å². The first-order valence-corrected chi connectivity index (χ1v) is 11.8. The van der Waals surface area contributed by atoms with Gasteiger partial charge in [-0.05, 0) is 62.1 Å². The molecular formula is C29H27N3O4. The summed E-state index contributed by atoms with van der Waals surface area (Å²) >= 11 is 0. The average Bonchev–Trinajstić information content (AvgIpc) is 3.04. The second-order valence-electron chi connectivity index (χ2n) is 9.38. The van der Waals surface area contributed by atoms with Crippen LogP contribution in [-0.2, 0) is 14.9 Å². The second kappa shape index (κ2) is 8.42. The number of nitrogens with zero attached hydrogens (tertiary/aromatic N) is 3. The molecule has 0 saturated heterocycles. The molecule has 182 valence electrons. The minimum Gasteiger partial charge on any atom is -0.497 e. The van der Waals surface area contributed by atoms with Gasteiger partial charge in [-0.15, -0.1) is 0 Å². The Morgan fingerprint density at radius 2 is 2.00 bits per heavy atom. The van der Waals surface area contributed by atoms with E-state index in [4.69, 9.17) is 19.2 Å². The predicted octanol–water partition coefficient (Wildman–Crippen LogP) is 5.54. The first-order valence-electron chi connectivity index (χ1n) is 11.8. The standard InChI is InChI=1S/C29H27N3O4/c1-6-35-27(33)20(16-30)14-19-13-18-9-7-8-10-22(18)25-26(19)36-29(17-31-25)28(2,3)23-15-21(34-5)11-12-24(23)32(29)4/h7-15,17H,6H2,1-5H3. The number of aliphatic imine (C=N–C) groups is 1. The van der Waals surface area contributed by atoms with Crippen molar-refractivity contribution in [2.45, 2.75) is 31.9 Å². The van der Waals surface area contributed by atoms with Crippen LogP contribution in [0.5, 0.6) is 11.5 Å². The minimum atomic E-state index is -0.948. The molecule has 1 spiro atoms. The topological polar surface area (TPSA) is 84.2 Å². The maximum atomic E-state index is 12.4. The van der Waals surface area contributed by atoms with Gasteiger partial charge in [0.1, 0.15) is 23.1 Å². The molecule has 2 heterocycles. The fraction of sp³-hybridized carbons (Fsp3) is 0.276. The molecule has 0 saturated carbocycles. The Labute approximate surface area is 210 Å². The van der Waals surface area contributed by atoms with Crippen LogP contribution >= 0.6 is 0 Å². The number of carbonyl (C=O) groups excluding carboxylic acids is 1. The van der Waals surface area contributed by atoms with Crippen molar-refractivity contribution < 1.29 is 19.0 Å². The Kier molecular flexibility index (Phi) is 5.48. The minimum absolute atomic E-state index is 0.103. The molecule has 1 unspecified atom stereocenters. The Bertz CT molecular complexity index is 1500.